The molecule has 0 aliphatic carbocycles. The molecule has 0 aliphatic heterocycles. The van der Waals surface area contributed by atoms with Gasteiger partial charge in [-0.1, -0.05) is 24.3 Å². The van der Waals surface area contributed by atoms with E-state index in [2.05, 4.69) is 4.74 Å². The van der Waals surface area contributed by atoms with Crippen molar-refractivity contribution in [3.8, 4) is 22.6 Å². The summed E-state index contributed by atoms with van der Waals surface area (Å²) in [6.45, 7) is 1.90. The Morgan fingerprint density at radius 2 is 1.67 bits per heavy atom. The molecule has 0 aromatic heterocycles. The van der Waals surface area contributed by atoms with Gasteiger partial charge in [-0.15, -0.1) is 13.2 Å². The Morgan fingerprint density at radius 3 is 2.30 bits per heavy atom. The molecule has 0 saturated carbocycles. The standard InChI is InChI=1S/C20H15F3O4/c1-2-26-19(25)15-10-14-9-13(5-8-17(14)18(24)11-15)12-3-6-16(7-4-12)27-20(21,22)23/h3-11,24H,2H2,1H3. The highest BCUT2D eigenvalue weighted by Gasteiger charge is 2.30. The Labute approximate surface area is 152 Å². The van der Waals surface area contributed by atoms with E-state index in [0.717, 1.165) is 0 Å². The van der Waals surface area contributed by atoms with Crippen molar-refractivity contribution in [2.24, 2.45) is 0 Å². The molecular weight excluding hydrogens is 361 g/mol. The van der Waals surface area contributed by atoms with Gasteiger partial charge < -0.3 is 14.6 Å². The largest absolute Gasteiger partial charge is 0.573 e. The molecule has 27 heavy (non-hydrogen) atoms. The molecule has 0 spiro atoms. The molecule has 0 saturated heterocycles. The van der Waals surface area contributed by atoms with E-state index < -0.39 is 12.3 Å². The van der Waals surface area contributed by atoms with Crippen LogP contribution in [0.1, 0.15) is 17.3 Å². The van der Waals surface area contributed by atoms with E-state index in [4.69, 9.17) is 4.74 Å². The fourth-order valence-corrected chi connectivity index (χ4v) is 2.71. The van der Waals surface area contributed by atoms with Gasteiger partial charge in [-0.05, 0) is 53.8 Å². The molecule has 0 heterocycles. The van der Waals surface area contributed by atoms with E-state index in [-0.39, 0.29) is 23.7 Å². The topological polar surface area (TPSA) is 55.8 Å². The minimum Gasteiger partial charge on any atom is -0.507 e. The number of fused-ring (bicyclic) bond motifs is 1. The van der Waals surface area contributed by atoms with Crippen molar-refractivity contribution in [3.05, 3.63) is 60.2 Å². The van der Waals surface area contributed by atoms with Crippen molar-refractivity contribution < 1.29 is 32.5 Å². The van der Waals surface area contributed by atoms with Gasteiger partial charge in [0.25, 0.3) is 0 Å². The predicted molar refractivity (Wildman–Crippen MR) is 93.7 cm³/mol. The van der Waals surface area contributed by atoms with Crippen molar-refractivity contribution in [2.75, 3.05) is 6.61 Å². The summed E-state index contributed by atoms with van der Waals surface area (Å²) in [6, 6.07) is 13.5. The van der Waals surface area contributed by atoms with Gasteiger partial charge in [0.1, 0.15) is 11.5 Å². The van der Waals surface area contributed by atoms with Crippen LogP contribution in [-0.4, -0.2) is 24.0 Å². The van der Waals surface area contributed by atoms with Crippen LogP contribution in [0.2, 0.25) is 0 Å². The van der Waals surface area contributed by atoms with Crippen LogP contribution < -0.4 is 4.74 Å². The second-order valence-electron chi connectivity index (χ2n) is 5.72. The SMILES string of the molecule is CCOC(=O)c1cc(O)c2ccc(-c3ccc(OC(F)(F)F)cc3)cc2c1. The predicted octanol–water partition coefficient (Wildman–Crippen LogP) is 5.29. The number of esters is 1. The first-order valence-corrected chi connectivity index (χ1v) is 8.07. The summed E-state index contributed by atoms with van der Waals surface area (Å²) in [5.74, 6) is -0.918. The van der Waals surface area contributed by atoms with E-state index in [1.165, 1.54) is 30.3 Å². The van der Waals surface area contributed by atoms with Gasteiger partial charge in [-0.3, -0.25) is 0 Å². The van der Waals surface area contributed by atoms with Crippen LogP contribution in [0.25, 0.3) is 21.9 Å². The average molecular weight is 376 g/mol. The maximum atomic E-state index is 12.3. The van der Waals surface area contributed by atoms with Gasteiger partial charge in [-0.2, -0.15) is 0 Å². The zero-order valence-corrected chi connectivity index (χ0v) is 14.2. The highest BCUT2D eigenvalue weighted by Crippen LogP contribution is 2.32. The number of rotatable bonds is 4. The van der Waals surface area contributed by atoms with Crippen molar-refractivity contribution >= 4 is 16.7 Å². The number of carbonyl (C=O) groups excluding carboxylic acids is 1. The van der Waals surface area contributed by atoms with Crippen LogP contribution in [0, 0.1) is 0 Å². The number of phenols is 1. The normalized spacial score (nSPS) is 11.4. The number of aromatic hydroxyl groups is 1. The lowest BCUT2D eigenvalue weighted by molar-refractivity contribution is -0.274. The molecule has 3 rings (SSSR count). The minimum absolute atomic E-state index is 0.0592. The van der Waals surface area contributed by atoms with E-state index in [0.29, 0.717) is 21.9 Å². The first-order chi connectivity index (χ1) is 12.8. The van der Waals surface area contributed by atoms with Gasteiger partial charge in [0.05, 0.1) is 12.2 Å². The molecule has 0 bridgehead atoms. The second-order valence-corrected chi connectivity index (χ2v) is 5.72. The molecule has 1 N–H and O–H groups in total. The van der Waals surface area contributed by atoms with Gasteiger partial charge in [0.2, 0.25) is 0 Å². The fraction of sp³-hybridized carbons (Fsp3) is 0.150. The summed E-state index contributed by atoms with van der Waals surface area (Å²) in [4.78, 5) is 11.9. The van der Waals surface area contributed by atoms with Crippen molar-refractivity contribution in [1.82, 2.24) is 0 Å². The van der Waals surface area contributed by atoms with E-state index in [1.54, 1.807) is 31.2 Å². The van der Waals surface area contributed by atoms with Crippen LogP contribution in [0.5, 0.6) is 11.5 Å². The zero-order valence-electron chi connectivity index (χ0n) is 14.2. The molecule has 4 nitrogen and oxygen atoms in total. The Morgan fingerprint density at radius 1 is 1.00 bits per heavy atom. The molecule has 3 aromatic carbocycles. The minimum atomic E-state index is -4.74. The van der Waals surface area contributed by atoms with Crippen LogP contribution in [0.15, 0.2) is 54.6 Å². The molecule has 0 aliphatic rings. The highest BCUT2D eigenvalue weighted by molar-refractivity contribution is 5.99. The molecule has 140 valence electrons. The molecule has 7 heteroatoms. The maximum Gasteiger partial charge on any atom is 0.573 e. The lowest BCUT2D eigenvalue weighted by Gasteiger charge is -2.10. The van der Waals surface area contributed by atoms with Gasteiger partial charge in [0.15, 0.2) is 0 Å². The fourth-order valence-electron chi connectivity index (χ4n) is 2.71. The maximum absolute atomic E-state index is 12.3. The van der Waals surface area contributed by atoms with Gasteiger partial charge in [-0.25, -0.2) is 4.79 Å². The Hall–Kier alpha value is -3.22. The number of alkyl halides is 3. The second kappa shape index (κ2) is 7.19. The molecule has 0 radical (unpaired) electrons. The third-order valence-corrected chi connectivity index (χ3v) is 3.86. The Bertz CT molecular complexity index is 979. The van der Waals surface area contributed by atoms with Crippen LogP contribution in [-0.2, 0) is 4.74 Å². The quantitative estimate of drug-likeness (QED) is 0.629. The highest BCUT2D eigenvalue weighted by atomic mass is 19.4. The van der Waals surface area contributed by atoms with Crippen LogP contribution in [0.4, 0.5) is 13.2 Å². The van der Waals surface area contributed by atoms with Crippen molar-refractivity contribution in [3.63, 3.8) is 0 Å². The lowest BCUT2D eigenvalue weighted by atomic mass is 9.99. The molecule has 0 unspecified atom stereocenters. The molecule has 3 aromatic rings. The zero-order chi connectivity index (χ0) is 19.6. The number of halogens is 3. The third kappa shape index (κ3) is 4.31. The first-order valence-electron chi connectivity index (χ1n) is 8.07. The average Bonchev–Trinajstić information content (AvgIpc) is 2.60. The number of carbonyl (C=O) groups is 1. The summed E-state index contributed by atoms with van der Waals surface area (Å²) in [5.41, 5.74) is 1.59. The van der Waals surface area contributed by atoms with Crippen LogP contribution in [0.3, 0.4) is 0 Å². The summed E-state index contributed by atoms with van der Waals surface area (Å²) >= 11 is 0. The summed E-state index contributed by atoms with van der Waals surface area (Å²) in [6.07, 6.45) is -4.74. The number of hydrogen-bond donors (Lipinski definition) is 1. The number of benzene rings is 3. The van der Waals surface area contributed by atoms with E-state index >= 15 is 0 Å². The van der Waals surface area contributed by atoms with Gasteiger partial charge in [0, 0.05) is 5.39 Å². The first kappa shape index (κ1) is 18.6. The lowest BCUT2D eigenvalue weighted by Crippen LogP contribution is -2.16. The van der Waals surface area contributed by atoms with E-state index in [9.17, 15) is 23.1 Å². The van der Waals surface area contributed by atoms with Crippen molar-refractivity contribution in [1.29, 1.82) is 0 Å². The number of ether oxygens (including phenoxy) is 2. The molecular formula is C20H15F3O4. The monoisotopic (exact) mass is 376 g/mol. The molecule has 0 fully saturated rings. The smallest absolute Gasteiger partial charge is 0.507 e. The van der Waals surface area contributed by atoms with E-state index in [1.807, 2.05) is 0 Å². The number of phenolic OH excluding ortho intramolecular Hbond substituents is 1. The summed E-state index contributed by atoms with van der Waals surface area (Å²) in [5, 5.41) is 11.3. The van der Waals surface area contributed by atoms with Gasteiger partial charge >= 0.3 is 12.3 Å². The summed E-state index contributed by atoms with van der Waals surface area (Å²) < 4.78 is 45.6. The van der Waals surface area contributed by atoms with Crippen molar-refractivity contribution in [2.45, 2.75) is 13.3 Å². The third-order valence-electron chi connectivity index (χ3n) is 3.86. The molecule has 0 amide bonds. The summed E-state index contributed by atoms with van der Waals surface area (Å²) in [7, 11) is 0. The Balaban J connectivity index is 1.97. The molecule has 0 atom stereocenters. The van der Waals surface area contributed by atoms with Crippen LogP contribution >= 0.6 is 0 Å². The number of hydrogen-bond acceptors (Lipinski definition) is 4. The Kier molecular flexibility index (Phi) is 4.94.